The van der Waals surface area contributed by atoms with E-state index in [9.17, 15) is 19.2 Å². The fraction of sp³-hybridized carbons (Fsp3) is 0.333. The first-order valence-electron chi connectivity index (χ1n) is 9.74. The van der Waals surface area contributed by atoms with Gasteiger partial charge in [0.05, 0.1) is 0 Å². The highest BCUT2D eigenvalue weighted by Gasteiger charge is 2.47. The zero-order chi connectivity index (χ0) is 24.4. The fourth-order valence-corrected chi connectivity index (χ4v) is 2.86. The van der Waals surface area contributed by atoms with E-state index in [1.54, 1.807) is 24.3 Å². The molecule has 0 spiro atoms. The van der Waals surface area contributed by atoms with Gasteiger partial charge < -0.3 is 18.9 Å². The van der Waals surface area contributed by atoms with Gasteiger partial charge in [-0.15, -0.1) is 0 Å². The molecule has 1 unspecified atom stereocenters. The summed E-state index contributed by atoms with van der Waals surface area (Å²) in [4.78, 5) is 47.8. The molecule has 0 bridgehead atoms. The summed E-state index contributed by atoms with van der Waals surface area (Å²) in [5.74, 6) is -2.20. The van der Waals surface area contributed by atoms with Gasteiger partial charge in [-0.05, 0) is 38.5 Å². The average molecular weight is 444 g/mol. The lowest BCUT2D eigenvalue weighted by atomic mass is 9.84. The van der Waals surface area contributed by atoms with Crippen LogP contribution in [0.5, 0.6) is 5.75 Å². The van der Waals surface area contributed by atoms with Crippen LogP contribution in [-0.2, 0) is 39.8 Å². The Balaban J connectivity index is 2.97. The maximum absolute atomic E-state index is 13.2. The number of ketones is 1. The predicted octanol–water partition coefficient (Wildman–Crippen LogP) is 2.90. The number of rotatable bonds is 13. The normalized spacial score (nSPS) is 12.5. The molecule has 0 radical (unpaired) electrons. The molecule has 1 aromatic carbocycles. The molecule has 1 aromatic rings. The molecule has 172 valence electrons. The first kappa shape index (κ1) is 26.4. The molecule has 1 rings (SSSR count). The lowest BCUT2D eigenvalue weighted by Crippen LogP contribution is -2.53. The van der Waals surface area contributed by atoms with Crippen LogP contribution in [0.25, 0.3) is 0 Å². The van der Waals surface area contributed by atoms with Gasteiger partial charge in [-0.3, -0.25) is 4.79 Å². The first-order valence-corrected chi connectivity index (χ1v) is 9.74. The summed E-state index contributed by atoms with van der Waals surface area (Å²) in [5, 5.41) is 0. The van der Waals surface area contributed by atoms with Crippen LogP contribution in [0.2, 0.25) is 0 Å². The monoisotopic (exact) mass is 444 g/mol. The highest BCUT2D eigenvalue weighted by Crippen LogP contribution is 2.28. The number of hydrogen-bond acceptors (Lipinski definition) is 8. The van der Waals surface area contributed by atoms with Gasteiger partial charge in [0.25, 0.3) is 0 Å². The molecule has 32 heavy (non-hydrogen) atoms. The van der Waals surface area contributed by atoms with Gasteiger partial charge in [0, 0.05) is 24.6 Å². The summed E-state index contributed by atoms with van der Waals surface area (Å²) in [5.41, 5.74) is -2.56. The minimum atomic E-state index is -1.64. The van der Waals surface area contributed by atoms with E-state index in [-0.39, 0.29) is 19.6 Å². The third kappa shape index (κ3) is 7.86. The van der Waals surface area contributed by atoms with E-state index < -0.39 is 34.9 Å². The number of carbonyl (C=O) groups excluding carboxylic acids is 4. The van der Waals surface area contributed by atoms with Crippen molar-refractivity contribution < 1.29 is 38.1 Å². The van der Waals surface area contributed by atoms with E-state index in [0.29, 0.717) is 11.3 Å². The van der Waals surface area contributed by atoms with Gasteiger partial charge in [0.2, 0.25) is 5.78 Å². The van der Waals surface area contributed by atoms with Crippen molar-refractivity contribution in [2.24, 2.45) is 0 Å². The van der Waals surface area contributed by atoms with Crippen molar-refractivity contribution in [2.45, 2.75) is 38.4 Å². The maximum atomic E-state index is 13.2. The average Bonchev–Trinajstić information content (AvgIpc) is 2.76. The van der Waals surface area contributed by atoms with Crippen LogP contribution in [0.3, 0.4) is 0 Å². The number of esters is 3. The van der Waals surface area contributed by atoms with Crippen molar-refractivity contribution in [1.29, 1.82) is 0 Å². The van der Waals surface area contributed by atoms with Crippen molar-refractivity contribution in [3.8, 4) is 5.75 Å². The molecular weight excluding hydrogens is 416 g/mol. The molecule has 0 amide bonds. The third-order valence-electron chi connectivity index (χ3n) is 4.27. The number of ether oxygens (including phenoxy) is 4. The Bertz CT molecular complexity index is 882. The number of Topliss-reactive ketones (excluding diaryl/α,β-unsaturated/α-hetero) is 1. The smallest absolute Gasteiger partial charge is 0.331 e. The SMILES string of the molecule is C=CC(=O)OCCOc1ccc(CC(C)(OC(=O)C=C)C(=O)C(C)(C)OC(=O)C=C)cc1. The zero-order valence-corrected chi connectivity index (χ0v) is 18.6. The van der Waals surface area contributed by atoms with E-state index >= 15 is 0 Å². The minimum absolute atomic E-state index is 0.0116. The molecule has 0 aromatic heterocycles. The van der Waals surface area contributed by atoms with Crippen molar-refractivity contribution in [2.75, 3.05) is 13.2 Å². The highest BCUT2D eigenvalue weighted by molar-refractivity contribution is 5.98. The molecule has 0 aliphatic heterocycles. The molecule has 0 heterocycles. The van der Waals surface area contributed by atoms with Crippen molar-refractivity contribution in [1.82, 2.24) is 0 Å². The second-order valence-electron chi connectivity index (χ2n) is 7.36. The number of hydrogen-bond donors (Lipinski definition) is 0. The van der Waals surface area contributed by atoms with Crippen LogP contribution in [0.4, 0.5) is 0 Å². The largest absolute Gasteiger partial charge is 0.490 e. The summed E-state index contributed by atoms with van der Waals surface area (Å²) in [6.07, 6.45) is 2.97. The third-order valence-corrected chi connectivity index (χ3v) is 4.27. The molecule has 0 N–H and O–H groups in total. The van der Waals surface area contributed by atoms with Crippen LogP contribution >= 0.6 is 0 Å². The number of benzene rings is 1. The topological polar surface area (TPSA) is 105 Å². The van der Waals surface area contributed by atoms with E-state index in [4.69, 9.17) is 18.9 Å². The molecule has 8 heteroatoms. The van der Waals surface area contributed by atoms with E-state index in [1.165, 1.54) is 20.8 Å². The molecule has 0 aliphatic rings. The first-order chi connectivity index (χ1) is 15.0. The molecule has 0 saturated heterocycles. The predicted molar refractivity (Wildman–Crippen MR) is 117 cm³/mol. The van der Waals surface area contributed by atoms with E-state index in [1.807, 2.05) is 0 Å². The van der Waals surface area contributed by atoms with Crippen molar-refractivity contribution >= 4 is 23.7 Å². The van der Waals surface area contributed by atoms with Crippen LogP contribution in [0.1, 0.15) is 26.3 Å². The van der Waals surface area contributed by atoms with Gasteiger partial charge in [0.1, 0.15) is 19.0 Å². The molecule has 8 nitrogen and oxygen atoms in total. The van der Waals surface area contributed by atoms with Crippen LogP contribution in [0, 0.1) is 0 Å². The van der Waals surface area contributed by atoms with Gasteiger partial charge in [0.15, 0.2) is 11.2 Å². The second kappa shape index (κ2) is 11.6. The van der Waals surface area contributed by atoms with Gasteiger partial charge in [-0.2, -0.15) is 0 Å². The lowest BCUT2D eigenvalue weighted by Gasteiger charge is -2.34. The van der Waals surface area contributed by atoms with E-state index in [0.717, 1.165) is 18.2 Å². The fourth-order valence-electron chi connectivity index (χ4n) is 2.86. The summed E-state index contributed by atoms with van der Waals surface area (Å²) in [7, 11) is 0. The van der Waals surface area contributed by atoms with Crippen molar-refractivity contribution in [3.63, 3.8) is 0 Å². The summed E-state index contributed by atoms with van der Waals surface area (Å²) < 4.78 is 20.9. The standard InChI is InChI=1S/C24H28O8/c1-7-19(25)30-15-14-29-18-12-10-17(11-13-18)16-24(6,32-21(27)9-3)22(28)23(4,5)31-20(26)8-2/h7-13H,1-3,14-16H2,4-6H3. The van der Waals surface area contributed by atoms with Gasteiger partial charge >= 0.3 is 17.9 Å². The Morgan fingerprint density at radius 3 is 1.88 bits per heavy atom. The molecular formula is C24H28O8. The van der Waals surface area contributed by atoms with E-state index in [2.05, 4.69) is 19.7 Å². The van der Waals surface area contributed by atoms with Crippen LogP contribution < -0.4 is 4.74 Å². The quantitative estimate of drug-likeness (QED) is 0.198. The summed E-state index contributed by atoms with van der Waals surface area (Å²) in [6.45, 7) is 14.5. The maximum Gasteiger partial charge on any atom is 0.331 e. The summed E-state index contributed by atoms with van der Waals surface area (Å²) >= 11 is 0. The molecule has 1 atom stereocenters. The van der Waals surface area contributed by atoms with Crippen LogP contribution in [-0.4, -0.2) is 48.1 Å². The Hall–Kier alpha value is -3.68. The second-order valence-corrected chi connectivity index (χ2v) is 7.36. The Morgan fingerprint density at radius 2 is 1.34 bits per heavy atom. The highest BCUT2D eigenvalue weighted by atomic mass is 16.6. The summed E-state index contributed by atoms with van der Waals surface area (Å²) in [6, 6.07) is 6.71. The molecule has 0 saturated carbocycles. The zero-order valence-electron chi connectivity index (χ0n) is 18.6. The van der Waals surface area contributed by atoms with Gasteiger partial charge in [-0.25, -0.2) is 14.4 Å². The Labute approximate surface area is 187 Å². The van der Waals surface area contributed by atoms with Crippen molar-refractivity contribution in [3.05, 3.63) is 67.8 Å². The Kier molecular flexibility index (Phi) is 9.59. The minimum Gasteiger partial charge on any atom is -0.490 e. The Morgan fingerprint density at radius 1 is 0.812 bits per heavy atom. The molecule has 0 aliphatic carbocycles. The van der Waals surface area contributed by atoms with Crippen LogP contribution in [0.15, 0.2) is 62.2 Å². The van der Waals surface area contributed by atoms with Gasteiger partial charge in [-0.1, -0.05) is 31.9 Å². The molecule has 0 fully saturated rings. The number of carbonyl (C=O) groups is 4. The lowest BCUT2D eigenvalue weighted by molar-refractivity contribution is -0.176.